The maximum atomic E-state index is 11.8. The highest BCUT2D eigenvalue weighted by molar-refractivity contribution is 5.89. The molecule has 1 heterocycles. The monoisotopic (exact) mass is 461 g/mol. The van der Waals surface area contributed by atoms with Crippen LogP contribution in [0.1, 0.15) is 46.2 Å². The Morgan fingerprint density at radius 1 is 1.03 bits per heavy atom. The molecule has 0 amide bonds. The van der Waals surface area contributed by atoms with E-state index in [0.717, 1.165) is 28.1 Å². The number of benzene rings is 3. The Labute approximate surface area is 199 Å². The summed E-state index contributed by atoms with van der Waals surface area (Å²) >= 11 is 0. The first-order chi connectivity index (χ1) is 16.5. The molecule has 2 atom stereocenters. The van der Waals surface area contributed by atoms with E-state index in [0.29, 0.717) is 17.9 Å². The Hall–Kier alpha value is -3.97. The smallest absolute Gasteiger partial charge is 0.337 e. The van der Waals surface area contributed by atoms with E-state index >= 15 is 0 Å². The Kier molecular flexibility index (Phi) is 7.04. The molecule has 4 rings (SSSR count). The van der Waals surface area contributed by atoms with Crippen molar-refractivity contribution in [1.29, 1.82) is 0 Å². The first-order valence-electron chi connectivity index (χ1n) is 11.1. The topological polar surface area (TPSA) is 93.6 Å². The maximum Gasteiger partial charge on any atom is 0.337 e. The van der Waals surface area contributed by atoms with E-state index < -0.39 is 0 Å². The fourth-order valence-corrected chi connectivity index (χ4v) is 4.07. The van der Waals surface area contributed by atoms with Gasteiger partial charge >= 0.3 is 5.97 Å². The number of hydrogen-bond acceptors (Lipinski definition) is 6. The van der Waals surface area contributed by atoms with Crippen LogP contribution in [0.15, 0.2) is 72.8 Å². The summed E-state index contributed by atoms with van der Waals surface area (Å²) in [5.41, 5.74) is 4.16. The molecule has 0 bridgehead atoms. The van der Waals surface area contributed by atoms with Gasteiger partial charge in [-0.25, -0.2) is 4.79 Å². The fraction of sp³-hybridized carbons (Fsp3) is 0.222. The number of methoxy groups -OCH3 is 2. The van der Waals surface area contributed by atoms with Gasteiger partial charge in [0.15, 0.2) is 17.7 Å². The van der Waals surface area contributed by atoms with Crippen molar-refractivity contribution in [3.05, 3.63) is 95.1 Å². The zero-order valence-electron chi connectivity index (χ0n) is 19.4. The van der Waals surface area contributed by atoms with Crippen LogP contribution >= 0.6 is 0 Å². The highest BCUT2D eigenvalue weighted by atomic mass is 16.5. The molecule has 0 fully saturated rings. The molecular weight excluding hydrogens is 432 g/mol. The van der Waals surface area contributed by atoms with Gasteiger partial charge in [-0.2, -0.15) is 0 Å². The summed E-state index contributed by atoms with van der Waals surface area (Å²) in [5, 5.41) is 16.6. The lowest BCUT2D eigenvalue weighted by Gasteiger charge is -2.30. The summed E-state index contributed by atoms with van der Waals surface area (Å²) in [6, 6.07) is 20.5. The lowest BCUT2D eigenvalue weighted by molar-refractivity contribution is -0.731. The van der Waals surface area contributed by atoms with Crippen molar-refractivity contribution in [3.8, 4) is 17.2 Å². The summed E-state index contributed by atoms with van der Waals surface area (Å²) in [6.45, 7) is 2.35. The molecule has 0 saturated carbocycles. The van der Waals surface area contributed by atoms with Crippen molar-refractivity contribution in [3.63, 3.8) is 0 Å². The van der Waals surface area contributed by atoms with Gasteiger partial charge in [0.25, 0.3) is 0 Å². The van der Waals surface area contributed by atoms with Crippen LogP contribution in [0.2, 0.25) is 0 Å². The SMILES string of the molecule is CCOc1cccc(C2C=C(c3ccc(OC)cc3)NC(c3ccc(C(=O)OC)cc3)[NH2+]2)c1O. The summed E-state index contributed by atoms with van der Waals surface area (Å²) < 4.78 is 15.7. The number of ether oxygens (including phenoxy) is 3. The first-order valence-corrected chi connectivity index (χ1v) is 11.1. The number of rotatable bonds is 7. The Morgan fingerprint density at radius 3 is 2.41 bits per heavy atom. The van der Waals surface area contributed by atoms with Gasteiger partial charge in [0, 0.05) is 17.3 Å². The van der Waals surface area contributed by atoms with Gasteiger partial charge in [-0.3, -0.25) is 0 Å². The number of esters is 1. The number of phenolic OH excluding ortho intramolecular Hbond substituents is 1. The second-order valence-corrected chi connectivity index (χ2v) is 7.89. The van der Waals surface area contributed by atoms with Crippen molar-refractivity contribution in [2.45, 2.75) is 19.1 Å². The van der Waals surface area contributed by atoms with Crippen molar-refractivity contribution >= 4 is 11.7 Å². The summed E-state index contributed by atoms with van der Waals surface area (Å²) in [7, 11) is 3.01. The van der Waals surface area contributed by atoms with Crippen LogP contribution in [-0.2, 0) is 4.74 Å². The summed E-state index contributed by atoms with van der Waals surface area (Å²) in [6.07, 6.45) is 1.93. The lowest BCUT2D eigenvalue weighted by atomic mass is 9.97. The van der Waals surface area contributed by atoms with E-state index in [2.05, 4.69) is 16.7 Å². The van der Waals surface area contributed by atoms with E-state index in [9.17, 15) is 9.90 Å². The number of nitrogens with two attached hydrogens (primary N) is 1. The molecule has 1 aliphatic heterocycles. The number of hydrogen-bond donors (Lipinski definition) is 3. The fourth-order valence-electron chi connectivity index (χ4n) is 4.07. The standard InChI is InChI=1S/C27H28N2O5/c1-4-34-24-7-5-6-21(25(24)30)23-16-22(17-12-14-20(32-2)15-13-17)28-26(29-23)18-8-10-19(11-9-18)27(31)33-3/h5-16,23,26,28-30H,4H2,1-3H3/p+1. The average Bonchev–Trinajstić information content (AvgIpc) is 2.89. The highest BCUT2D eigenvalue weighted by Gasteiger charge is 2.30. The molecule has 0 saturated heterocycles. The van der Waals surface area contributed by atoms with E-state index in [1.807, 2.05) is 55.5 Å². The van der Waals surface area contributed by atoms with Gasteiger partial charge in [-0.1, -0.05) is 18.2 Å². The molecule has 7 heteroatoms. The molecule has 3 aromatic rings. The molecular formula is C27H29N2O5+. The number of nitrogens with one attached hydrogen (secondary N) is 1. The molecule has 176 valence electrons. The van der Waals surface area contributed by atoms with E-state index in [4.69, 9.17) is 14.2 Å². The van der Waals surface area contributed by atoms with Crippen LogP contribution < -0.4 is 20.1 Å². The van der Waals surface area contributed by atoms with Crippen LogP contribution in [0, 0.1) is 0 Å². The lowest BCUT2D eigenvalue weighted by Crippen LogP contribution is -2.89. The Morgan fingerprint density at radius 2 is 1.76 bits per heavy atom. The van der Waals surface area contributed by atoms with E-state index in [1.165, 1.54) is 7.11 Å². The van der Waals surface area contributed by atoms with Gasteiger partial charge in [0.1, 0.15) is 11.8 Å². The van der Waals surface area contributed by atoms with Gasteiger partial charge in [0.2, 0.25) is 0 Å². The van der Waals surface area contributed by atoms with Gasteiger partial charge in [0.05, 0.1) is 32.0 Å². The summed E-state index contributed by atoms with van der Waals surface area (Å²) in [5.74, 6) is 1.00. The minimum atomic E-state index is -0.374. The predicted octanol–water partition coefficient (Wildman–Crippen LogP) is 3.53. The molecule has 0 aromatic heterocycles. The van der Waals surface area contributed by atoms with Crippen LogP contribution in [0.3, 0.4) is 0 Å². The quantitative estimate of drug-likeness (QED) is 0.466. The number of carbonyl (C=O) groups excluding carboxylic acids is 1. The largest absolute Gasteiger partial charge is 0.504 e. The zero-order valence-corrected chi connectivity index (χ0v) is 19.4. The predicted molar refractivity (Wildman–Crippen MR) is 129 cm³/mol. The van der Waals surface area contributed by atoms with E-state index in [-0.39, 0.29) is 23.9 Å². The molecule has 0 spiro atoms. The molecule has 7 nitrogen and oxygen atoms in total. The number of para-hydroxylation sites is 1. The van der Waals surface area contributed by atoms with Gasteiger partial charge in [-0.05, 0) is 61.0 Å². The van der Waals surface area contributed by atoms with Crippen LogP contribution in [0.5, 0.6) is 17.2 Å². The molecule has 4 N–H and O–H groups in total. The zero-order chi connectivity index (χ0) is 24.1. The van der Waals surface area contributed by atoms with Crippen LogP contribution in [0.25, 0.3) is 5.70 Å². The molecule has 0 radical (unpaired) electrons. The van der Waals surface area contributed by atoms with Crippen molar-refractivity contribution < 1.29 is 29.4 Å². The van der Waals surface area contributed by atoms with Crippen molar-refractivity contribution in [1.82, 2.24) is 5.32 Å². The van der Waals surface area contributed by atoms with Crippen LogP contribution in [0.4, 0.5) is 0 Å². The number of carbonyl (C=O) groups is 1. The second-order valence-electron chi connectivity index (χ2n) is 7.89. The Balaban J connectivity index is 1.72. The van der Waals surface area contributed by atoms with Crippen molar-refractivity contribution in [2.75, 3.05) is 20.8 Å². The number of phenols is 1. The van der Waals surface area contributed by atoms with E-state index in [1.54, 1.807) is 25.3 Å². The molecule has 3 aromatic carbocycles. The molecule has 34 heavy (non-hydrogen) atoms. The van der Waals surface area contributed by atoms with Gasteiger partial charge in [-0.15, -0.1) is 0 Å². The van der Waals surface area contributed by atoms with Crippen LogP contribution in [-0.4, -0.2) is 31.9 Å². The minimum absolute atomic E-state index is 0.137. The molecule has 2 unspecified atom stereocenters. The minimum Gasteiger partial charge on any atom is -0.504 e. The highest BCUT2D eigenvalue weighted by Crippen LogP contribution is 2.35. The number of quaternary nitrogens is 1. The van der Waals surface area contributed by atoms with Gasteiger partial charge < -0.3 is 30.0 Å². The second kappa shape index (κ2) is 10.3. The third-order valence-corrected chi connectivity index (χ3v) is 5.84. The normalized spacial score (nSPS) is 17.3. The Bertz CT molecular complexity index is 1170. The third kappa shape index (κ3) is 4.84. The summed E-state index contributed by atoms with van der Waals surface area (Å²) in [4.78, 5) is 11.8. The third-order valence-electron chi connectivity index (χ3n) is 5.84. The molecule has 1 aliphatic rings. The maximum absolute atomic E-state index is 11.8. The first kappa shape index (κ1) is 23.2. The average molecular weight is 462 g/mol. The van der Waals surface area contributed by atoms with Crippen molar-refractivity contribution in [2.24, 2.45) is 0 Å². The number of aromatic hydroxyl groups is 1. The molecule has 0 aliphatic carbocycles.